The monoisotopic (exact) mass is 358 g/mol. The van der Waals surface area contributed by atoms with Gasteiger partial charge in [-0.1, -0.05) is 31.9 Å². The summed E-state index contributed by atoms with van der Waals surface area (Å²) >= 11 is 6.82. The normalized spacial score (nSPS) is 12.7. The Morgan fingerprint density at radius 2 is 1.94 bits per heavy atom. The predicted octanol–water partition coefficient (Wildman–Crippen LogP) is 3.22. The van der Waals surface area contributed by atoms with E-state index in [1.165, 1.54) is 0 Å². The molecule has 1 aromatic carbocycles. The number of aromatic nitrogens is 2. The lowest BCUT2D eigenvalue weighted by molar-refractivity contribution is 0.177. The summed E-state index contributed by atoms with van der Waals surface area (Å²) in [6.07, 6.45) is 1.85. The van der Waals surface area contributed by atoms with Crippen LogP contribution in [-0.2, 0) is 13.5 Å². The highest BCUT2D eigenvalue weighted by molar-refractivity contribution is 9.11. The van der Waals surface area contributed by atoms with Crippen LogP contribution in [0.4, 0.5) is 0 Å². The minimum absolute atomic E-state index is 0.518. The van der Waals surface area contributed by atoms with Gasteiger partial charge in [0.05, 0.1) is 11.8 Å². The first-order valence-electron chi connectivity index (χ1n) is 5.17. The van der Waals surface area contributed by atoms with Gasteiger partial charge in [0, 0.05) is 28.6 Å². The zero-order valence-corrected chi connectivity index (χ0v) is 12.4. The van der Waals surface area contributed by atoms with Gasteiger partial charge in [0.2, 0.25) is 0 Å². The van der Waals surface area contributed by atoms with Gasteiger partial charge in [0.25, 0.3) is 0 Å². The van der Waals surface area contributed by atoms with Gasteiger partial charge < -0.3 is 5.11 Å². The van der Waals surface area contributed by atoms with E-state index in [2.05, 4.69) is 37.0 Å². The minimum Gasteiger partial charge on any atom is -0.388 e. The SMILES string of the molecule is Cn1ccc(CC(O)c2cc(Br)cc(Br)c2)n1. The van der Waals surface area contributed by atoms with E-state index in [-0.39, 0.29) is 0 Å². The molecule has 3 nitrogen and oxygen atoms in total. The van der Waals surface area contributed by atoms with Crippen LogP contribution in [-0.4, -0.2) is 14.9 Å². The van der Waals surface area contributed by atoms with Crippen molar-refractivity contribution >= 4 is 31.9 Å². The highest BCUT2D eigenvalue weighted by Crippen LogP contribution is 2.25. The van der Waals surface area contributed by atoms with Crippen LogP contribution >= 0.6 is 31.9 Å². The maximum Gasteiger partial charge on any atom is 0.0846 e. The van der Waals surface area contributed by atoms with Crippen LogP contribution in [0.15, 0.2) is 39.4 Å². The third-order valence-corrected chi connectivity index (χ3v) is 3.36. The summed E-state index contributed by atoms with van der Waals surface area (Å²) in [5, 5.41) is 14.4. The van der Waals surface area contributed by atoms with E-state index in [1.54, 1.807) is 4.68 Å². The molecular formula is C12H12Br2N2O. The summed E-state index contributed by atoms with van der Waals surface area (Å²) in [6, 6.07) is 7.68. The van der Waals surface area contributed by atoms with Gasteiger partial charge in [-0.3, -0.25) is 4.68 Å². The number of halogens is 2. The van der Waals surface area contributed by atoms with Gasteiger partial charge in [-0.25, -0.2) is 0 Å². The van der Waals surface area contributed by atoms with Crippen molar-refractivity contribution in [1.29, 1.82) is 0 Å². The van der Waals surface area contributed by atoms with E-state index >= 15 is 0 Å². The Balaban J connectivity index is 2.16. The zero-order valence-electron chi connectivity index (χ0n) is 9.27. The number of aryl methyl sites for hydroxylation is 1. The van der Waals surface area contributed by atoms with Crippen LogP contribution < -0.4 is 0 Å². The van der Waals surface area contributed by atoms with Crippen molar-refractivity contribution < 1.29 is 5.11 Å². The molecule has 0 bridgehead atoms. The molecule has 0 aliphatic rings. The number of hydrogen-bond acceptors (Lipinski definition) is 2. The van der Waals surface area contributed by atoms with Gasteiger partial charge >= 0.3 is 0 Å². The molecule has 0 aliphatic carbocycles. The molecule has 0 amide bonds. The molecule has 1 atom stereocenters. The number of aliphatic hydroxyl groups excluding tert-OH is 1. The summed E-state index contributed by atoms with van der Waals surface area (Å²) in [5.74, 6) is 0. The van der Waals surface area contributed by atoms with Gasteiger partial charge in [0.1, 0.15) is 0 Å². The molecule has 1 aromatic heterocycles. The fraction of sp³-hybridized carbons (Fsp3) is 0.250. The summed E-state index contributed by atoms with van der Waals surface area (Å²) in [6.45, 7) is 0. The van der Waals surface area contributed by atoms with Crippen molar-refractivity contribution in [2.75, 3.05) is 0 Å². The fourth-order valence-corrected chi connectivity index (χ4v) is 2.98. The van der Waals surface area contributed by atoms with E-state index in [9.17, 15) is 5.11 Å². The zero-order chi connectivity index (χ0) is 12.4. The number of hydrogen-bond donors (Lipinski definition) is 1. The molecule has 0 radical (unpaired) electrons. The third kappa shape index (κ3) is 3.40. The van der Waals surface area contributed by atoms with Gasteiger partial charge in [-0.15, -0.1) is 0 Å². The van der Waals surface area contributed by atoms with Crippen LogP contribution in [0, 0.1) is 0 Å². The summed E-state index contributed by atoms with van der Waals surface area (Å²) < 4.78 is 3.63. The van der Waals surface area contributed by atoms with Crippen molar-refractivity contribution in [3.63, 3.8) is 0 Å². The molecule has 1 unspecified atom stereocenters. The smallest absolute Gasteiger partial charge is 0.0846 e. The highest BCUT2D eigenvalue weighted by Gasteiger charge is 2.11. The number of benzene rings is 1. The molecule has 0 aliphatic heterocycles. The van der Waals surface area contributed by atoms with Crippen LogP contribution in [0.1, 0.15) is 17.4 Å². The first-order valence-corrected chi connectivity index (χ1v) is 6.76. The molecule has 0 saturated heterocycles. The largest absolute Gasteiger partial charge is 0.388 e. The summed E-state index contributed by atoms with van der Waals surface area (Å²) in [5.41, 5.74) is 1.76. The van der Waals surface area contributed by atoms with Gasteiger partial charge in [0.15, 0.2) is 0 Å². The molecule has 0 saturated carbocycles. The standard InChI is InChI=1S/C12H12Br2N2O/c1-16-3-2-11(15-16)7-12(17)8-4-9(13)6-10(14)5-8/h2-6,12,17H,7H2,1H3. The Labute approximate surface area is 117 Å². The average Bonchev–Trinajstić information content (AvgIpc) is 2.62. The summed E-state index contributed by atoms with van der Waals surface area (Å²) in [4.78, 5) is 0. The van der Waals surface area contributed by atoms with Crippen molar-refractivity contribution in [2.24, 2.45) is 7.05 Å². The Kier molecular flexibility index (Phi) is 4.01. The van der Waals surface area contributed by atoms with E-state index in [0.717, 1.165) is 20.2 Å². The molecule has 0 spiro atoms. The summed E-state index contributed by atoms with van der Waals surface area (Å²) in [7, 11) is 1.87. The Bertz CT molecular complexity index is 505. The maximum atomic E-state index is 10.1. The number of nitrogens with zero attached hydrogens (tertiary/aromatic N) is 2. The Morgan fingerprint density at radius 3 is 2.47 bits per heavy atom. The lowest BCUT2D eigenvalue weighted by Crippen LogP contribution is -2.03. The first kappa shape index (κ1) is 12.8. The van der Waals surface area contributed by atoms with E-state index in [0.29, 0.717) is 6.42 Å². The second kappa shape index (κ2) is 5.33. The van der Waals surface area contributed by atoms with Crippen molar-refractivity contribution in [2.45, 2.75) is 12.5 Å². The Hall–Kier alpha value is -0.650. The number of aliphatic hydroxyl groups is 1. The molecule has 0 fully saturated rings. The van der Waals surface area contributed by atoms with Crippen molar-refractivity contribution in [3.8, 4) is 0 Å². The second-order valence-corrected chi connectivity index (χ2v) is 5.73. The third-order valence-electron chi connectivity index (χ3n) is 2.44. The maximum absolute atomic E-state index is 10.1. The molecule has 1 heterocycles. The molecule has 5 heteroatoms. The van der Waals surface area contributed by atoms with Crippen LogP contribution in [0.2, 0.25) is 0 Å². The van der Waals surface area contributed by atoms with Crippen molar-refractivity contribution in [1.82, 2.24) is 9.78 Å². The van der Waals surface area contributed by atoms with Crippen molar-refractivity contribution in [3.05, 3.63) is 50.7 Å². The van der Waals surface area contributed by atoms with Crippen LogP contribution in [0.3, 0.4) is 0 Å². The molecule has 1 N–H and O–H groups in total. The fourth-order valence-electron chi connectivity index (χ4n) is 1.66. The van der Waals surface area contributed by atoms with E-state index in [1.807, 2.05) is 37.5 Å². The van der Waals surface area contributed by atoms with Crippen LogP contribution in [0.5, 0.6) is 0 Å². The molecule has 2 rings (SSSR count). The predicted molar refractivity (Wildman–Crippen MR) is 73.7 cm³/mol. The second-order valence-electron chi connectivity index (χ2n) is 3.90. The van der Waals surface area contributed by atoms with E-state index in [4.69, 9.17) is 0 Å². The molecule has 90 valence electrons. The molecule has 17 heavy (non-hydrogen) atoms. The lowest BCUT2D eigenvalue weighted by atomic mass is 10.1. The number of rotatable bonds is 3. The minimum atomic E-state index is -0.543. The Morgan fingerprint density at radius 1 is 1.29 bits per heavy atom. The first-order chi connectivity index (χ1) is 8.04. The van der Waals surface area contributed by atoms with Gasteiger partial charge in [-0.05, 0) is 29.8 Å². The lowest BCUT2D eigenvalue weighted by Gasteiger charge is -2.10. The highest BCUT2D eigenvalue weighted by atomic mass is 79.9. The van der Waals surface area contributed by atoms with Gasteiger partial charge in [-0.2, -0.15) is 5.10 Å². The van der Waals surface area contributed by atoms with E-state index < -0.39 is 6.10 Å². The molecule has 2 aromatic rings. The quantitative estimate of drug-likeness (QED) is 0.913. The topological polar surface area (TPSA) is 38.0 Å². The van der Waals surface area contributed by atoms with Crippen LogP contribution in [0.25, 0.3) is 0 Å². The average molecular weight is 360 g/mol. The molecular weight excluding hydrogens is 348 g/mol.